The van der Waals surface area contributed by atoms with Crippen molar-refractivity contribution in [2.24, 2.45) is 16.5 Å². The number of likely N-dealkylation sites (N-methyl/N-ethyl adjacent to an activating group) is 1. The Morgan fingerprint density at radius 3 is 1.74 bits per heavy atom. The van der Waals surface area contributed by atoms with Gasteiger partial charge >= 0.3 is 0 Å². The Morgan fingerprint density at radius 2 is 1.51 bits per heavy atom. The first-order chi connectivity index (χ1) is 16.4. The SMILES string of the molecule is CC.CCCCN.CCNC(CNC(C)(C)C(C)=N)CNC(C)(C)C(C)=NC.CN.O=CCCS. The van der Waals surface area contributed by atoms with Gasteiger partial charge in [-0.25, -0.2) is 0 Å². The summed E-state index contributed by atoms with van der Waals surface area (Å²) in [5.41, 5.74) is 11.0. The summed E-state index contributed by atoms with van der Waals surface area (Å²) in [5, 5.41) is 18.3. The first-order valence-corrected chi connectivity index (χ1v) is 13.6. The van der Waals surface area contributed by atoms with Crippen molar-refractivity contribution in [2.75, 3.05) is 46.0 Å². The van der Waals surface area contributed by atoms with Crippen LogP contribution in [0.5, 0.6) is 0 Å². The molecule has 0 amide bonds. The molecular formula is C26H63N7OS. The zero-order chi connectivity index (χ0) is 28.9. The summed E-state index contributed by atoms with van der Waals surface area (Å²) in [6, 6.07) is 0.317. The highest BCUT2D eigenvalue weighted by Crippen LogP contribution is 2.06. The lowest BCUT2D eigenvalue weighted by molar-refractivity contribution is -0.107. The number of hydrogen-bond acceptors (Lipinski definition) is 9. The lowest BCUT2D eigenvalue weighted by Crippen LogP contribution is -2.56. The molecule has 1 atom stereocenters. The van der Waals surface area contributed by atoms with Crippen LogP contribution in [-0.2, 0) is 4.79 Å². The number of aliphatic imine (C=N–C) groups is 1. The van der Waals surface area contributed by atoms with E-state index in [1.54, 1.807) is 0 Å². The van der Waals surface area contributed by atoms with E-state index in [1.165, 1.54) is 19.9 Å². The van der Waals surface area contributed by atoms with Gasteiger partial charge in [-0.1, -0.05) is 34.1 Å². The molecule has 0 radical (unpaired) electrons. The van der Waals surface area contributed by atoms with Gasteiger partial charge in [0.25, 0.3) is 0 Å². The third-order valence-electron chi connectivity index (χ3n) is 5.06. The number of aldehydes is 1. The van der Waals surface area contributed by atoms with Crippen molar-refractivity contribution in [1.82, 2.24) is 16.0 Å². The molecule has 35 heavy (non-hydrogen) atoms. The second kappa shape index (κ2) is 31.2. The Bertz CT molecular complexity index is 482. The molecule has 0 bridgehead atoms. The van der Waals surface area contributed by atoms with Crippen LogP contribution in [0.2, 0.25) is 0 Å². The Hall–Kier alpha value is -0.840. The van der Waals surface area contributed by atoms with Crippen molar-refractivity contribution in [1.29, 1.82) is 5.41 Å². The van der Waals surface area contributed by atoms with Crippen LogP contribution in [0.1, 0.15) is 88.5 Å². The predicted molar refractivity (Wildman–Crippen MR) is 164 cm³/mol. The maximum Gasteiger partial charge on any atom is 0.120 e. The van der Waals surface area contributed by atoms with Crippen LogP contribution >= 0.6 is 12.6 Å². The highest BCUT2D eigenvalue weighted by molar-refractivity contribution is 7.80. The van der Waals surface area contributed by atoms with Crippen molar-refractivity contribution in [3.05, 3.63) is 0 Å². The van der Waals surface area contributed by atoms with Crippen LogP contribution in [0, 0.1) is 5.41 Å². The first kappa shape index (κ1) is 44.2. The number of nitrogens with one attached hydrogen (secondary N) is 4. The number of hydrogen-bond donors (Lipinski definition) is 7. The first-order valence-electron chi connectivity index (χ1n) is 12.9. The van der Waals surface area contributed by atoms with Gasteiger partial charge in [0, 0.05) is 44.0 Å². The zero-order valence-corrected chi connectivity index (χ0v) is 26.2. The van der Waals surface area contributed by atoms with Crippen LogP contribution in [0.3, 0.4) is 0 Å². The van der Waals surface area contributed by atoms with Crippen LogP contribution in [0.4, 0.5) is 0 Å². The molecule has 0 spiro atoms. The predicted octanol–water partition coefficient (Wildman–Crippen LogP) is 3.68. The number of nitrogens with zero attached hydrogens (tertiary/aromatic N) is 1. The lowest BCUT2D eigenvalue weighted by Gasteiger charge is -2.32. The van der Waals surface area contributed by atoms with Crippen LogP contribution in [0.15, 0.2) is 4.99 Å². The quantitative estimate of drug-likeness (QED) is 0.106. The number of unbranched alkanes of at least 4 members (excludes halogenated alkanes) is 1. The average molecular weight is 522 g/mol. The van der Waals surface area contributed by atoms with E-state index in [0.717, 1.165) is 38.2 Å². The summed E-state index contributed by atoms with van der Waals surface area (Å²) in [6.07, 6.45) is 3.81. The summed E-state index contributed by atoms with van der Waals surface area (Å²) in [5.74, 6) is 0.670. The zero-order valence-electron chi connectivity index (χ0n) is 25.3. The Kier molecular flexibility index (Phi) is 39.4. The monoisotopic (exact) mass is 521 g/mol. The van der Waals surface area contributed by atoms with E-state index >= 15 is 0 Å². The fourth-order valence-corrected chi connectivity index (χ4v) is 2.16. The molecule has 0 aliphatic carbocycles. The van der Waals surface area contributed by atoms with Gasteiger partial charge < -0.3 is 37.6 Å². The Labute approximate surface area is 224 Å². The minimum Gasteiger partial charge on any atom is -0.333 e. The third kappa shape index (κ3) is 31.1. The molecule has 0 fully saturated rings. The van der Waals surface area contributed by atoms with Gasteiger partial charge in [0.2, 0.25) is 0 Å². The fourth-order valence-electron chi connectivity index (χ4n) is 2.06. The van der Waals surface area contributed by atoms with Gasteiger partial charge in [-0.3, -0.25) is 4.99 Å². The van der Waals surface area contributed by atoms with Crippen molar-refractivity contribution in [2.45, 2.75) is 106 Å². The van der Waals surface area contributed by atoms with E-state index in [2.05, 4.69) is 73.9 Å². The molecule has 0 aromatic rings. The average Bonchev–Trinajstić information content (AvgIpc) is 2.84. The second-order valence-corrected chi connectivity index (χ2v) is 8.97. The molecule has 0 aliphatic heterocycles. The topological polar surface area (TPSA) is 141 Å². The largest absolute Gasteiger partial charge is 0.333 e. The molecule has 0 heterocycles. The number of rotatable bonds is 14. The molecule has 8 N–H and O–H groups in total. The van der Waals surface area contributed by atoms with E-state index in [9.17, 15) is 4.79 Å². The summed E-state index contributed by atoms with van der Waals surface area (Å²) >= 11 is 3.77. The molecule has 0 aromatic carbocycles. The third-order valence-corrected chi connectivity index (χ3v) is 5.31. The molecule has 0 saturated carbocycles. The maximum atomic E-state index is 9.36. The van der Waals surface area contributed by atoms with E-state index in [1.807, 2.05) is 41.7 Å². The van der Waals surface area contributed by atoms with Crippen LogP contribution in [0.25, 0.3) is 0 Å². The molecule has 0 saturated heterocycles. The van der Waals surface area contributed by atoms with E-state index in [4.69, 9.17) is 11.1 Å². The number of nitrogens with two attached hydrogens (primary N) is 2. The molecule has 8 nitrogen and oxygen atoms in total. The van der Waals surface area contributed by atoms with Gasteiger partial charge in [-0.05, 0) is 73.9 Å². The van der Waals surface area contributed by atoms with Crippen molar-refractivity contribution in [3.63, 3.8) is 0 Å². The number of carbonyl (C=O) groups excluding carboxylic acids is 1. The van der Waals surface area contributed by atoms with Gasteiger partial charge in [0.15, 0.2) is 0 Å². The Morgan fingerprint density at radius 1 is 1.06 bits per heavy atom. The van der Waals surface area contributed by atoms with E-state index < -0.39 is 0 Å². The summed E-state index contributed by atoms with van der Waals surface area (Å²) in [7, 11) is 3.33. The fraction of sp³-hybridized carbons (Fsp3) is 0.885. The lowest BCUT2D eigenvalue weighted by atomic mass is 9.98. The van der Waals surface area contributed by atoms with Gasteiger partial charge in [0.1, 0.15) is 6.29 Å². The summed E-state index contributed by atoms with van der Waals surface area (Å²) < 4.78 is 0. The van der Waals surface area contributed by atoms with Gasteiger partial charge in [-0.2, -0.15) is 12.6 Å². The molecule has 1 unspecified atom stereocenters. The molecular weight excluding hydrogens is 458 g/mol. The number of thiol groups is 1. The molecule has 9 heteroatoms. The minimum atomic E-state index is -0.260. The van der Waals surface area contributed by atoms with E-state index in [0.29, 0.717) is 23.9 Å². The van der Waals surface area contributed by atoms with Crippen molar-refractivity contribution < 1.29 is 4.79 Å². The van der Waals surface area contributed by atoms with Crippen LogP contribution in [-0.4, -0.2) is 80.9 Å². The highest BCUT2D eigenvalue weighted by atomic mass is 32.1. The smallest absolute Gasteiger partial charge is 0.120 e. The maximum absolute atomic E-state index is 9.36. The highest BCUT2D eigenvalue weighted by Gasteiger charge is 2.24. The van der Waals surface area contributed by atoms with Gasteiger partial charge in [0.05, 0.1) is 11.1 Å². The molecule has 0 rings (SSSR count). The second-order valence-electron chi connectivity index (χ2n) is 8.52. The normalized spacial score (nSPS) is 11.7. The molecule has 214 valence electrons. The van der Waals surface area contributed by atoms with E-state index in [-0.39, 0.29) is 11.1 Å². The standard InChI is InChI=1S/C16H35N5.C4H11N.C3H6OS.C2H6.CH5N/c1-9-19-14(10-20-15(4,5)12(2)17)11-21-16(6,7)13(3)18-8;1-2-3-4-5;4-2-1-3-5;2*1-2/h14,17,19-21H,9-11H2,1-8H3;2-5H2,1H3;2,5H,1,3H2;1-2H3;2H2,1H3. The number of carbonyl (C=O) groups is 1. The van der Waals surface area contributed by atoms with Crippen molar-refractivity contribution >= 4 is 30.3 Å². The molecule has 0 aromatic heterocycles. The van der Waals surface area contributed by atoms with Gasteiger partial charge in [-0.15, -0.1) is 0 Å². The molecule has 0 aliphatic rings. The Balaban J connectivity index is -0.000000176. The minimum absolute atomic E-state index is 0.102. The summed E-state index contributed by atoms with van der Waals surface area (Å²) in [6.45, 7) is 24.0. The van der Waals surface area contributed by atoms with Crippen LogP contribution < -0.4 is 27.4 Å². The van der Waals surface area contributed by atoms with Crippen molar-refractivity contribution in [3.8, 4) is 0 Å². The summed E-state index contributed by atoms with van der Waals surface area (Å²) in [4.78, 5) is 13.6.